The maximum Gasteiger partial charge on any atom is 0.226 e. The van der Waals surface area contributed by atoms with Gasteiger partial charge in [0.1, 0.15) is 18.2 Å². The van der Waals surface area contributed by atoms with Crippen LogP contribution < -0.4 is 10.1 Å². The molecule has 1 aliphatic heterocycles. The standard InChI is InChI=1S/C27H27FN4O2S/c28-21-6-4-19(5-7-21)26(24-3-1-2-12-30-24)32(27(33)20-10-13-29-14-11-20)15-16-34-22-8-9-23-25(17-22)35-18-31-23/h1-9,12,17-18,20,26,29H,10-11,13-16H2. The van der Waals surface area contributed by atoms with Crippen LogP contribution in [0.3, 0.4) is 0 Å². The van der Waals surface area contributed by atoms with Crippen LogP contribution in [0.4, 0.5) is 4.39 Å². The second kappa shape index (κ2) is 10.9. The maximum absolute atomic E-state index is 13.9. The molecule has 0 saturated carbocycles. The molecule has 35 heavy (non-hydrogen) atoms. The van der Waals surface area contributed by atoms with E-state index in [2.05, 4.69) is 15.3 Å². The van der Waals surface area contributed by atoms with Crippen molar-refractivity contribution >= 4 is 27.5 Å². The van der Waals surface area contributed by atoms with Crippen molar-refractivity contribution in [1.29, 1.82) is 0 Å². The van der Waals surface area contributed by atoms with Gasteiger partial charge in [0, 0.05) is 12.1 Å². The minimum absolute atomic E-state index is 0.0727. The van der Waals surface area contributed by atoms with E-state index in [4.69, 9.17) is 4.74 Å². The zero-order valence-electron chi connectivity index (χ0n) is 19.3. The van der Waals surface area contributed by atoms with Crippen molar-refractivity contribution in [2.24, 2.45) is 5.92 Å². The van der Waals surface area contributed by atoms with Crippen molar-refractivity contribution in [3.63, 3.8) is 0 Å². The number of carbonyl (C=O) groups is 1. The molecule has 1 amide bonds. The number of benzene rings is 2. The Kier molecular flexibility index (Phi) is 7.30. The molecule has 1 atom stereocenters. The average Bonchev–Trinajstić information content (AvgIpc) is 3.38. The topological polar surface area (TPSA) is 67.4 Å². The molecule has 1 fully saturated rings. The van der Waals surface area contributed by atoms with E-state index in [1.807, 2.05) is 46.8 Å². The van der Waals surface area contributed by atoms with E-state index < -0.39 is 6.04 Å². The van der Waals surface area contributed by atoms with Crippen LogP contribution in [0.1, 0.15) is 30.1 Å². The normalized spacial score (nSPS) is 15.1. The fraction of sp³-hybridized carbons (Fsp3) is 0.296. The third-order valence-electron chi connectivity index (χ3n) is 6.34. The van der Waals surface area contributed by atoms with Crippen molar-refractivity contribution < 1.29 is 13.9 Å². The number of pyridine rings is 1. The van der Waals surface area contributed by atoms with E-state index in [-0.39, 0.29) is 17.6 Å². The first-order valence-corrected chi connectivity index (χ1v) is 12.7. The summed E-state index contributed by atoms with van der Waals surface area (Å²) < 4.78 is 20.9. The highest BCUT2D eigenvalue weighted by atomic mass is 32.1. The van der Waals surface area contributed by atoms with Crippen LogP contribution in [0, 0.1) is 11.7 Å². The summed E-state index contributed by atoms with van der Waals surface area (Å²) in [5.74, 6) is 0.433. The summed E-state index contributed by atoms with van der Waals surface area (Å²) in [6.07, 6.45) is 3.30. The average molecular weight is 491 g/mol. The first-order chi connectivity index (χ1) is 17.2. The van der Waals surface area contributed by atoms with Gasteiger partial charge in [0.15, 0.2) is 0 Å². The lowest BCUT2D eigenvalue weighted by atomic mass is 9.93. The number of nitrogens with zero attached hydrogens (tertiary/aromatic N) is 3. The van der Waals surface area contributed by atoms with Gasteiger partial charge < -0.3 is 15.0 Å². The van der Waals surface area contributed by atoms with Gasteiger partial charge in [-0.2, -0.15) is 0 Å². The lowest BCUT2D eigenvalue weighted by molar-refractivity contribution is -0.138. The Labute approximate surface area is 207 Å². The van der Waals surface area contributed by atoms with Gasteiger partial charge in [0.2, 0.25) is 5.91 Å². The van der Waals surface area contributed by atoms with E-state index >= 15 is 0 Å². The van der Waals surface area contributed by atoms with Crippen LogP contribution in [0.2, 0.25) is 0 Å². The molecule has 0 radical (unpaired) electrons. The first-order valence-electron chi connectivity index (χ1n) is 11.8. The Morgan fingerprint density at radius 3 is 2.71 bits per heavy atom. The molecule has 6 nitrogen and oxygen atoms in total. The van der Waals surface area contributed by atoms with Crippen molar-refractivity contribution in [2.45, 2.75) is 18.9 Å². The van der Waals surface area contributed by atoms with Crippen molar-refractivity contribution in [3.05, 3.63) is 89.4 Å². The van der Waals surface area contributed by atoms with E-state index in [1.54, 1.807) is 29.7 Å². The summed E-state index contributed by atoms with van der Waals surface area (Å²) in [7, 11) is 0. The lowest BCUT2D eigenvalue weighted by Crippen LogP contribution is -2.45. The number of fused-ring (bicyclic) bond motifs is 1. The van der Waals surface area contributed by atoms with E-state index in [0.717, 1.165) is 53.2 Å². The number of carbonyl (C=O) groups excluding carboxylic acids is 1. The highest BCUT2D eigenvalue weighted by Crippen LogP contribution is 2.31. The molecule has 2 aromatic heterocycles. The molecule has 5 rings (SSSR count). The molecule has 0 spiro atoms. The van der Waals surface area contributed by atoms with E-state index in [1.165, 1.54) is 12.1 Å². The summed E-state index contributed by atoms with van der Waals surface area (Å²) >= 11 is 1.57. The highest BCUT2D eigenvalue weighted by Gasteiger charge is 2.33. The maximum atomic E-state index is 13.9. The molecule has 0 bridgehead atoms. The number of thiazole rings is 1. The summed E-state index contributed by atoms with van der Waals surface area (Å²) in [6.45, 7) is 2.34. The van der Waals surface area contributed by atoms with Gasteiger partial charge in [0.05, 0.1) is 34.0 Å². The molecule has 8 heteroatoms. The van der Waals surface area contributed by atoms with Crippen LogP contribution in [0.15, 0.2) is 72.4 Å². The number of hydrogen-bond donors (Lipinski definition) is 1. The third-order valence-corrected chi connectivity index (χ3v) is 7.13. The van der Waals surface area contributed by atoms with Gasteiger partial charge in [-0.1, -0.05) is 18.2 Å². The van der Waals surface area contributed by atoms with Gasteiger partial charge in [-0.25, -0.2) is 9.37 Å². The van der Waals surface area contributed by atoms with Gasteiger partial charge >= 0.3 is 0 Å². The highest BCUT2D eigenvalue weighted by molar-refractivity contribution is 7.16. The number of piperidine rings is 1. The number of halogens is 1. The summed E-state index contributed by atoms with van der Waals surface area (Å²) in [5.41, 5.74) is 4.32. The zero-order chi connectivity index (χ0) is 24.0. The molecule has 1 N–H and O–H groups in total. The molecule has 0 aliphatic carbocycles. The summed E-state index contributed by atoms with van der Waals surface area (Å²) in [4.78, 5) is 24.6. The van der Waals surface area contributed by atoms with Gasteiger partial charge in [-0.05, 0) is 74.0 Å². The number of aromatic nitrogens is 2. The number of nitrogens with one attached hydrogen (secondary N) is 1. The Morgan fingerprint density at radius 1 is 1.11 bits per heavy atom. The predicted octanol–water partition coefficient (Wildman–Crippen LogP) is 4.83. The molecule has 1 unspecified atom stereocenters. The monoisotopic (exact) mass is 490 g/mol. The first kappa shape index (κ1) is 23.4. The number of rotatable bonds is 8. The smallest absolute Gasteiger partial charge is 0.226 e. The fourth-order valence-corrected chi connectivity index (χ4v) is 5.26. The largest absolute Gasteiger partial charge is 0.492 e. The van der Waals surface area contributed by atoms with Gasteiger partial charge in [-0.15, -0.1) is 11.3 Å². The Hall–Kier alpha value is -3.36. The van der Waals surface area contributed by atoms with Crippen molar-refractivity contribution in [2.75, 3.05) is 26.2 Å². The second-order valence-electron chi connectivity index (χ2n) is 8.59. The van der Waals surface area contributed by atoms with E-state index in [0.29, 0.717) is 13.2 Å². The SMILES string of the molecule is O=C(C1CCNCC1)N(CCOc1ccc2ncsc2c1)C(c1ccc(F)cc1)c1ccccn1. The number of hydrogen-bond acceptors (Lipinski definition) is 6. The van der Waals surface area contributed by atoms with Crippen molar-refractivity contribution in [1.82, 2.24) is 20.2 Å². The number of ether oxygens (including phenoxy) is 1. The molecule has 180 valence electrons. The molecular weight excluding hydrogens is 463 g/mol. The Morgan fingerprint density at radius 2 is 1.94 bits per heavy atom. The Bertz CT molecular complexity index is 1260. The molecule has 4 aromatic rings. The minimum Gasteiger partial charge on any atom is -0.492 e. The molecule has 3 heterocycles. The molecule has 1 saturated heterocycles. The molecule has 2 aromatic carbocycles. The fourth-order valence-electron chi connectivity index (χ4n) is 4.55. The van der Waals surface area contributed by atoms with Gasteiger partial charge in [0.25, 0.3) is 0 Å². The predicted molar refractivity (Wildman–Crippen MR) is 135 cm³/mol. The third kappa shape index (κ3) is 5.49. The zero-order valence-corrected chi connectivity index (χ0v) is 20.1. The number of amides is 1. The summed E-state index contributed by atoms with van der Waals surface area (Å²) in [6, 6.07) is 17.4. The minimum atomic E-state index is -0.438. The second-order valence-corrected chi connectivity index (χ2v) is 9.48. The quantitative estimate of drug-likeness (QED) is 0.383. The summed E-state index contributed by atoms with van der Waals surface area (Å²) in [5, 5.41) is 3.33. The van der Waals surface area contributed by atoms with Crippen LogP contribution >= 0.6 is 11.3 Å². The van der Waals surface area contributed by atoms with Crippen LogP contribution in [0.25, 0.3) is 10.2 Å². The Balaban J connectivity index is 1.43. The van der Waals surface area contributed by atoms with Crippen LogP contribution in [-0.2, 0) is 4.79 Å². The molecule has 1 aliphatic rings. The van der Waals surface area contributed by atoms with Crippen molar-refractivity contribution in [3.8, 4) is 5.75 Å². The van der Waals surface area contributed by atoms with E-state index in [9.17, 15) is 9.18 Å². The van der Waals surface area contributed by atoms with Gasteiger partial charge in [-0.3, -0.25) is 9.78 Å². The molecular formula is C27H27FN4O2S. The van der Waals surface area contributed by atoms with Crippen LogP contribution in [0.5, 0.6) is 5.75 Å². The van der Waals surface area contributed by atoms with Crippen LogP contribution in [-0.4, -0.2) is 47.0 Å². The lowest BCUT2D eigenvalue weighted by Gasteiger charge is -2.35.